The molecule has 4 nitrogen and oxygen atoms in total. The van der Waals surface area contributed by atoms with E-state index in [2.05, 4.69) is 6.58 Å². The van der Waals surface area contributed by atoms with Gasteiger partial charge in [-0.1, -0.05) is 18.7 Å². The highest BCUT2D eigenvalue weighted by atomic mass is 16.5. The summed E-state index contributed by atoms with van der Waals surface area (Å²) in [5.41, 5.74) is 0. The van der Waals surface area contributed by atoms with Crippen molar-refractivity contribution >= 4 is 5.97 Å². The van der Waals surface area contributed by atoms with Gasteiger partial charge in [0.2, 0.25) is 0 Å². The number of ether oxygens (including phenoxy) is 3. The molecule has 0 spiro atoms. The standard InChI is InChI=1S/C13H16O4/c1-3-13(14)17-10-6-9-16-12-8-5-4-7-11(12)15-2/h3-5,7-8H,1,6,9-10H2,2H3. The lowest BCUT2D eigenvalue weighted by Crippen LogP contribution is -2.06. The quantitative estimate of drug-likeness (QED) is 0.413. The molecule has 0 saturated heterocycles. The predicted octanol–water partition coefficient (Wildman–Crippen LogP) is 2.19. The molecule has 1 aromatic carbocycles. The maximum atomic E-state index is 10.7. The van der Waals surface area contributed by atoms with E-state index in [0.717, 1.165) is 6.08 Å². The number of hydrogen-bond donors (Lipinski definition) is 0. The number of esters is 1. The Kier molecular flexibility index (Phi) is 5.64. The number of hydrogen-bond acceptors (Lipinski definition) is 4. The molecule has 0 aliphatic heterocycles. The van der Waals surface area contributed by atoms with Crippen molar-refractivity contribution in [3.63, 3.8) is 0 Å². The highest BCUT2D eigenvalue weighted by molar-refractivity contribution is 5.81. The molecule has 0 fully saturated rings. The summed E-state index contributed by atoms with van der Waals surface area (Å²) in [7, 11) is 1.59. The Balaban J connectivity index is 2.26. The molecule has 0 aromatic heterocycles. The molecule has 1 rings (SSSR count). The highest BCUT2D eigenvalue weighted by Crippen LogP contribution is 2.25. The first-order valence-corrected chi connectivity index (χ1v) is 5.33. The average molecular weight is 236 g/mol. The van der Waals surface area contributed by atoms with Crippen LogP contribution in [-0.2, 0) is 9.53 Å². The molecular formula is C13H16O4. The lowest BCUT2D eigenvalue weighted by Gasteiger charge is -2.09. The van der Waals surface area contributed by atoms with Crippen molar-refractivity contribution in [2.75, 3.05) is 20.3 Å². The minimum absolute atomic E-state index is 0.319. The zero-order valence-corrected chi connectivity index (χ0v) is 9.85. The van der Waals surface area contributed by atoms with Gasteiger partial charge >= 0.3 is 5.97 Å². The predicted molar refractivity (Wildman–Crippen MR) is 64.3 cm³/mol. The molecule has 1 aromatic rings. The van der Waals surface area contributed by atoms with E-state index in [4.69, 9.17) is 14.2 Å². The second-order valence-corrected chi connectivity index (χ2v) is 3.22. The topological polar surface area (TPSA) is 44.8 Å². The van der Waals surface area contributed by atoms with E-state index in [0.29, 0.717) is 31.1 Å². The van der Waals surface area contributed by atoms with Gasteiger partial charge in [0.15, 0.2) is 11.5 Å². The highest BCUT2D eigenvalue weighted by Gasteiger charge is 2.02. The van der Waals surface area contributed by atoms with E-state index in [1.54, 1.807) is 7.11 Å². The lowest BCUT2D eigenvalue weighted by molar-refractivity contribution is -0.137. The molecule has 0 aliphatic rings. The summed E-state index contributed by atoms with van der Waals surface area (Å²) in [5.74, 6) is 0.961. The second kappa shape index (κ2) is 7.33. The second-order valence-electron chi connectivity index (χ2n) is 3.22. The van der Waals surface area contributed by atoms with Crippen LogP contribution in [0.3, 0.4) is 0 Å². The molecule has 4 heteroatoms. The van der Waals surface area contributed by atoms with E-state index in [1.807, 2.05) is 24.3 Å². The molecule has 0 amide bonds. The van der Waals surface area contributed by atoms with Crippen LogP contribution in [-0.4, -0.2) is 26.3 Å². The lowest BCUT2D eigenvalue weighted by atomic mass is 10.3. The molecule has 0 aliphatic carbocycles. The molecule has 0 radical (unpaired) electrons. The number of rotatable bonds is 7. The van der Waals surface area contributed by atoms with Crippen molar-refractivity contribution in [1.82, 2.24) is 0 Å². The van der Waals surface area contributed by atoms with Crippen LogP contribution in [0.15, 0.2) is 36.9 Å². The third-order valence-electron chi connectivity index (χ3n) is 2.03. The minimum Gasteiger partial charge on any atom is -0.493 e. The van der Waals surface area contributed by atoms with Crippen LogP contribution in [0.2, 0.25) is 0 Å². The zero-order chi connectivity index (χ0) is 12.5. The van der Waals surface area contributed by atoms with Crippen LogP contribution < -0.4 is 9.47 Å². The monoisotopic (exact) mass is 236 g/mol. The van der Waals surface area contributed by atoms with Crippen molar-refractivity contribution in [2.24, 2.45) is 0 Å². The first-order valence-electron chi connectivity index (χ1n) is 5.33. The van der Waals surface area contributed by atoms with Crippen LogP contribution in [0.25, 0.3) is 0 Å². The third kappa shape index (κ3) is 4.59. The van der Waals surface area contributed by atoms with Gasteiger partial charge in [0.05, 0.1) is 20.3 Å². The normalized spacial score (nSPS) is 9.47. The van der Waals surface area contributed by atoms with E-state index >= 15 is 0 Å². The van der Waals surface area contributed by atoms with E-state index in [1.165, 1.54) is 0 Å². The SMILES string of the molecule is C=CC(=O)OCCCOc1ccccc1OC. The first-order chi connectivity index (χ1) is 8.27. The maximum absolute atomic E-state index is 10.7. The van der Waals surface area contributed by atoms with E-state index in [-0.39, 0.29) is 0 Å². The summed E-state index contributed by atoms with van der Waals surface area (Å²) >= 11 is 0. The Morgan fingerprint density at radius 2 is 2.00 bits per heavy atom. The van der Waals surface area contributed by atoms with E-state index in [9.17, 15) is 4.79 Å². The number of benzene rings is 1. The Hall–Kier alpha value is -1.97. The molecule has 0 atom stereocenters. The van der Waals surface area contributed by atoms with Crippen LogP contribution >= 0.6 is 0 Å². The Bertz CT molecular complexity index is 373. The summed E-state index contributed by atoms with van der Waals surface area (Å²) in [4.78, 5) is 10.7. The van der Waals surface area contributed by atoms with Gasteiger partial charge in [0, 0.05) is 12.5 Å². The fraction of sp³-hybridized carbons (Fsp3) is 0.308. The van der Waals surface area contributed by atoms with Gasteiger partial charge in [-0.3, -0.25) is 0 Å². The van der Waals surface area contributed by atoms with Crippen LogP contribution in [0.5, 0.6) is 11.5 Å². The van der Waals surface area contributed by atoms with Gasteiger partial charge in [0.25, 0.3) is 0 Å². The van der Waals surface area contributed by atoms with Crippen LogP contribution in [0, 0.1) is 0 Å². The third-order valence-corrected chi connectivity index (χ3v) is 2.03. The molecule has 0 unspecified atom stereocenters. The Morgan fingerprint density at radius 1 is 1.29 bits per heavy atom. The van der Waals surface area contributed by atoms with Crippen molar-refractivity contribution in [3.8, 4) is 11.5 Å². The molecule has 0 heterocycles. The maximum Gasteiger partial charge on any atom is 0.330 e. The number of carbonyl (C=O) groups is 1. The van der Waals surface area contributed by atoms with E-state index < -0.39 is 5.97 Å². The molecule has 17 heavy (non-hydrogen) atoms. The summed E-state index contributed by atoms with van der Waals surface area (Å²) < 4.78 is 15.5. The van der Waals surface area contributed by atoms with Crippen LogP contribution in [0.4, 0.5) is 0 Å². The van der Waals surface area contributed by atoms with Crippen molar-refractivity contribution < 1.29 is 19.0 Å². The summed E-state index contributed by atoms with van der Waals surface area (Å²) in [5, 5.41) is 0. The van der Waals surface area contributed by atoms with Gasteiger partial charge in [-0.25, -0.2) is 4.79 Å². The average Bonchev–Trinajstić information content (AvgIpc) is 2.38. The molecule has 92 valence electrons. The largest absolute Gasteiger partial charge is 0.493 e. The Labute approximate surface area is 101 Å². The molecule has 0 saturated carbocycles. The summed E-state index contributed by atoms with van der Waals surface area (Å²) in [6, 6.07) is 7.40. The van der Waals surface area contributed by atoms with Crippen molar-refractivity contribution in [2.45, 2.75) is 6.42 Å². The fourth-order valence-electron chi connectivity index (χ4n) is 1.21. The van der Waals surface area contributed by atoms with Gasteiger partial charge in [-0.05, 0) is 12.1 Å². The minimum atomic E-state index is -0.415. The summed E-state index contributed by atoms with van der Waals surface area (Å²) in [6.07, 6.45) is 1.76. The Morgan fingerprint density at radius 3 is 2.65 bits per heavy atom. The first kappa shape index (κ1) is 13.1. The fourth-order valence-corrected chi connectivity index (χ4v) is 1.21. The van der Waals surface area contributed by atoms with Crippen LogP contribution in [0.1, 0.15) is 6.42 Å². The summed E-state index contributed by atoms with van der Waals surface area (Å²) in [6.45, 7) is 4.09. The molecule has 0 bridgehead atoms. The van der Waals surface area contributed by atoms with Crippen molar-refractivity contribution in [3.05, 3.63) is 36.9 Å². The number of para-hydroxylation sites is 2. The van der Waals surface area contributed by atoms with Gasteiger partial charge in [-0.15, -0.1) is 0 Å². The van der Waals surface area contributed by atoms with Gasteiger partial charge < -0.3 is 14.2 Å². The smallest absolute Gasteiger partial charge is 0.330 e. The van der Waals surface area contributed by atoms with Gasteiger partial charge in [-0.2, -0.15) is 0 Å². The van der Waals surface area contributed by atoms with Crippen molar-refractivity contribution in [1.29, 1.82) is 0 Å². The molecule has 0 N–H and O–H groups in total. The number of carbonyl (C=O) groups excluding carboxylic acids is 1. The number of methoxy groups -OCH3 is 1. The van der Waals surface area contributed by atoms with Gasteiger partial charge in [0.1, 0.15) is 0 Å². The molecular weight excluding hydrogens is 220 g/mol. The zero-order valence-electron chi connectivity index (χ0n) is 9.85.